The molecule has 1 aromatic carbocycles. The average molecular weight is 281 g/mol. The number of methoxy groups -OCH3 is 1. The molecule has 20 heavy (non-hydrogen) atoms. The van der Waals surface area contributed by atoms with E-state index in [0.29, 0.717) is 24.4 Å². The Kier molecular flexibility index (Phi) is 5.92. The largest absolute Gasteiger partial charge is 0.383 e. The molecule has 0 aliphatic heterocycles. The molecule has 0 aliphatic carbocycles. The number of nitrogens with zero attached hydrogens (tertiary/aromatic N) is 1. The van der Waals surface area contributed by atoms with Gasteiger partial charge in [0.1, 0.15) is 11.7 Å². The minimum atomic E-state index is -0.577. The van der Waals surface area contributed by atoms with Gasteiger partial charge in [-0.25, -0.2) is 0 Å². The van der Waals surface area contributed by atoms with Crippen molar-refractivity contribution in [3.63, 3.8) is 0 Å². The lowest BCUT2D eigenvalue weighted by molar-refractivity contribution is -0.384. The van der Waals surface area contributed by atoms with Crippen molar-refractivity contribution in [2.24, 2.45) is 0 Å². The molecule has 1 atom stereocenters. The monoisotopic (exact) mass is 281 g/mol. The smallest absolute Gasteiger partial charge is 0.295 e. The highest BCUT2D eigenvalue weighted by atomic mass is 16.6. The van der Waals surface area contributed by atoms with E-state index in [1.165, 1.54) is 0 Å². The van der Waals surface area contributed by atoms with E-state index in [1.807, 2.05) is 0 Å². The lowest BCUT2D eigenvalue weighted by Crippen LogP contribution is -2.39. The number of hydrogen-bond donors (Lipinski definition) is 2. The summed E-state index contributed by atoms with van der Waals surface area (Å²) < 4.78 is 4.83. The van der Waals surface area contributed by atoms with Gasteiger partial charge in [0.25, 0.3) is 5.69 Å². The Morgan fingerprint density at radius 3 is 2.80 bits per heavy atom. The summed E-state index contributed by atoms with van der Waals surface area (Å²) in [5, 5.41) is 16.6. The number of benzene rings is 1. The van der Waals surface area contributed by atoms with E-state index in [9.17, 15) is 14.9 Å². The van der Waals surface area contributed by atoms with Crippen molar-refractivity contribution in [3.05, 3.63) is 33.9 Å². The molecule has 1 rings (SSSR count). The third-order valence-electron chi connectivity index (χ3n) is 2.79. The first-order valence-corrected chi connectivity index (χ1v) is 6.24. The number of carbonyl (C=O) groups is 1. The van der Waals surface area contributed by atoms with Crippen LogP contribution < -0.4 is 10.6 Å². The lowest BCUT2D eigenvalue weighted by Gasteiger charge is -2.15. The van der Waals surface area contributed by atoms with Gasteiger partial charge in [-0.15, -0.1) is 0 Å². The maximum Gasteiger partial charge on any atom is 0.295 e. The fourth-order valence-corrected chi connectivity index (χ4v) is 1.75. The second-order valence-electron chi connectivity index (χ2n) is 4.38. The van der Waals surface area contributed by atoms with Crippen molar-refractivity contribution in [1.29, 1.82) is 0 Å². The summed E-state index contributed by atoms with van der Waals surface area (Å²) in [6.07, 6.45) is 0. The zero-order valence-corrected chi connectivity index (χ0v) is 11.8. The molecule has 0 fully saturated rings. The van der Waals surface area contributed by atoms with Crippen molar-refractivity contribution in [1.82, 2.24) is 5.32 Å². The summed E-state index contributed by atoms with van der Waals surface area (Å²) in [7, 11) is 1.55. The van der Waals surface area contributed by atoms with Crippen LogP contribution in [0.2, 0.25) is 0 Å². The molecule has 7 heteroatoms. The Bertz CT molecular complexity index is 491. The summed E-state index contributed by atoms with van der Waals surface area (Å²) in [4.78, 5) is 22.4. The number of amides is 1. The molecule has 0 radical (unpaired) electrons. The quantitative estimate of drug-likeness (QED) is 0.448. The summed E-state index contributed by atoms with van der Waals surface area (Å²) in [5.41, 5.74) is 0.875. The Morgan fingerprint density at radius 2 is 2.20 bits per heavy atom. The first-order chi connectivity index (χ1) is 9.47. The minimum Gasteiger partial charge on any atom is -0.383 e. The van der Waals surface area contributed by atoms with Crippen molar-refractivity contribution < 1.29 is 14.5 Å². The van der Waals surface area contributed by atoms with Crippen LogP contribution in [-0.2, 0) is 9.53 Å². The summed E-state index contributed by atoms with van der Waals surface area (Å²) in [5.74, 6) is -0.238. The van der Waals surface area contributed by atoms with Crippen LogP contribution in [-0.4, -0.2) is 37.1 Å². The van der Waals surface area contributed by atoms with Crippen LogP contribution >= 0.6 is 0 Å². The third-order valence-corrected chi connectivity index (χ3v) is 2.79. The fraction of sp³-hybridized carbons (Fsp3) is 0.462. The van der Waals surface area contributed by atoms with Crippen molar-refractivity contribution in [2.75, 3.05) is 25.6 Å². The van der Waals surface area contributed by atoms with Crippen LogP contribution in [0.4, 0.5) is 11.4 Å². The van der Waals surface area contributed by atoms with Gasteiger partial charge in [0, 0.05) is 19.2 Å². The zero-order valence-electron chi connectivity index (χ0n) is 11.8. The summed E-state index contributed by atoms with van der Waals surface area (Å²) >= 11 is 0. The predicted molar refractivity (Wildman–Crippen MR) is 75.8 cm³/mol. The van der Waals surface area contributed by atoms with Gasteiger partial charge in [0.2, 0.25) is 5.91 Å². The second kappa shape index (κ2) is 7.44. The van der Waals surface area contributed by atoms with Crippen LogP contribution in [0.25, 0.3) is 0 Å². The predicted octanol–water partition coefficient (Wildman–Crippen LogP) is 1.47. The van der Waals surface area contributed by atoms with Gasteiger partial charge < -0.3 is 15.4 Å². The first-order valence-electron chi connectivity index (χ1n) is 6.24. The van der Waals surface area contributed by atoms with E-state index in [4.69, 9.17) is 4.74 Å². The second-order valence-corrected chi connectivity index (χ2v) is 4.38. The average Bonchev–Trinajstić information content (AvgIpc) is 2.38. The van der Waals surface area contributed by atoms with E-state index < -0.39 is 11.0 Å². The number of nitro groups is 1. The fourth-order valence-electron chi connectivity index (χ4n) is 1.75. The highest BCUT2D eigenvalue weighted by molar-refractivity contribution is 5.85. The van der Waals surface area contributed by atoms with Crippen LogP contribution in [0.3, 0.4) is 0 Å². The number of anilines is 1. The maximum absolute atomic E-state index is 11.8. The molecule has 2 N–H and O–H groups in total. The number of carbonyl (C=O) groups excluding carboxylic acids is 1. The SMILES string of the molecule is COCCNC(=O)C(C)Nc1cccc(C)c1[N+](=O)[O-]. The molecular weight excluding hydrogens is 262 g/mol. The molecule has 1 aromatic rings. The van der Waals surface area contributed by atoms with Crippen molar-refractivity contribution in [2.45, 2.75) is 19.9 Å². The van der Waals surface area contributed by atoms with Gasteiger partial charge in [0.05, 0.1) is 11.5 Å². The molecule has 1 unspecified atom stereocenters. The number of rotatable bonds is 7. The topological polar surface area (TPSA) is 93.5 Å². The van der Waals surface area contributed by atoms with Crippen molar-refractivity contribution in [3.8, 4) is 0 Å². The Hall–Kier alpha value is -2.15. The lowest BCUT2D eigenvalue weighted by atomic mass is 10.1. The number of nitro benzene ring substituents is 1. The Balaban J connectivity index is 2.75. The van der Waals surface area contributed by atoms with Gasteiger partial charge in [-0.2, -0.15) is 0 Å². The van der Waals surface area contributed by atoms with Crippen LogP contribution in [0.5, 0.6) is 0 Å². The first kappa shape index (κ1) is 15.9. The molecule has 0 aliphatic rings. The molecule has 110 valence electrons. The molecule has 7 nitrogen and oxygen atoms in total. The van der Waals surface area contributed by atoms with Gasteiger partial charge in [0.15, 0.2) is 0 Å². The molecular formula is C13H19N3O4. The Labute approximate surface area is 117 Å². The van der Waals surface area contributed by atoms with E-state index in [1.54, 1.807) is 39.2 Å². The number of ether oxygens (including phenoxy) is 1. The molecule has 0 saturated carbocycles. The Morgan fingerprint density at radius 1 is 1.50 bits per heavy atom. The number of nitrogens with one attached hydrogen (secondary N) is 2. The molecule has 0 heterocycles. The number of para-hydroxylation sites is 1. The normalized spacial score (nSPS) is 11.8. The highest BCUT2D eigenvalue weighted by Gasteiger charge is 2.20. The van der Waals surface area contributed by atoms with Crippen molar-refractivity contribution >= 4 is 17.3 Å². The van der Waals surface area contributed by atoms with Gasteiger partial charge in [-0.3, -0.25) is 14.9 Å². The number of hydrogen-bond acceptors (Lipinski definition) is 5. The zero-order chi connectivity index (χ0) is 15.1. The molecule has 0 aromatic heterocycles. The van der Waals surface area contributed by atoms with E-state index in [0.717, 1.165) is 0 Å². The molecule has 0 bridgehead atoms. The minimum absolute atomic E-state index is 0.0101. The molecule has 0 saturated heterocycles. The highest BCUT2D eigenvalue weighted by Crippen LogP contribution is 2.28. The van der Waals surface area contributed by atoms with Crippen LogP contribution in [0.15, 0.2) is 18.2 Å². The van der Waals surface area contributed by atoms with Gasteiger partial charge in [-0.1, -0.05) is 12.1 Å². The molecule has 0 spiro atoms. The van der Waals surface area contributed by atoms with Crippen LogP contribution in [0.1, 0.15) is 12.5 Å². The van der Waals surface area contributed by atoms with Gasteiger partial charge in [-0.05, 0) is 19.9 Å². The molecule has 1 amide bonds. The van der Waals surface area contributed by atoms with E-state index in [2.05, 4.69) is 10.6 Å². The van der Waals surface area contributed by atoms with E-state index >= 15 is 0 Å². The van der Waals surface area contributed by atoms with Crippen LogP contribution in [0, 0.1) is 17.0 Å². The number of aryl methyl sites for hydroxylation is 1. The summed E-state index contributed by atoms with van der Waals surface area (Å²) in [6.45, 7) is 4.13. The third kappa shape index (κ3) is 4.20. The maximum atomic E-state index is 11.8. The standard InChI is InChI=1S/C13H19N3O4/c1-9-5-4-6-11(12(9)16(18)19)15-10(2)13(17)14-7-8-20-3/h4-6,10,15H,7-8H2,1-3H3,(H,14,17). The van der Waals surface area contributed by atoms with E-state index in [-0.39, 0.29) is 11.6 Å². The summed E-state index contributed by atoms with van der Waals surface area (Å²) in [6, 6.07) is 4.38. The van der Waals surface area contributed by atoms with Gasteiger partial charge >= 0.3 is 0 Å².